The van der Waals surface area contributed by atoms with E-state index in [9.17, 15) is 4.79 Å². The van der Waals surface area contributed by atoms with Crippen molar-refractivity contribution in [2.75, 3.05) is 13.2 Å². The highest BCUT2D eigenvalue weighted by atomic mass is 16.5. The zero-order valence-corrected chi connectivity index (χ0v) is 6.04. The minimum Gasteiger partial charge on any atom is -0.466 e. The van der Waals surface area contributed by atoms with E-state index in [-0.39, 0.29) is 19.0 Å². The number of rotatable bonds is 4. The Bertz CT molecular complexity index is 118. The van der Waals surface area contributed by atoms with Gasteiger partial charge in [0, 0.05) is 0 Å². The van der Waals surface area contributed by atoms with Crippen molar-refractivity contribution in [1.82, 2.24) is 0 Å². The molecule has 0 atom stereocenters. The summed E-state index contributed by atoms with van der Waals surface area (Å²) in [6.07, 6.45) is 3.34. The lowest BCUT2D eigenvalue weighted by Gasteiger charge is -1.95. The molecule has 0 amide bonds. The standard InChI is InChI=1S/C7H12O3/c1-2-10-7(9)5-3-4-6-8/h3-4,8H,2,5-6H2,1H3/b4-3+. The van der Waals surface area contributed by atoms with Gasteiger partial charge in [-0.1, -0.05) is 12.2 Å². The third-order valence-electron chi connectivity index (χ3n) is 0.862. The first kappa shape index (κ1) is 9.17. The highest BCUT2D eigenvalue weighted by Gasteiger charge is 1.94. The van der Waals surface area contributed by atoms with Crippen LogP contribution in [0.2, 0.25) is 0 Å². The summed E-state index contributed by atoms with van der Waals surface area (Å²) in [4.78, 5) is 10.6. The van der Waals surface area contributed by atoms with Crippen LogP contribution < -0.4 is 0 Å². The zero-order valence-electron chi connectivity index (χ0n) is 6.04. The van der Waals surface area contributed by atoms with E-state index in [1.165, 1.54) is 6.08 Å². The van der Waals surface area contributed by atoms with Gasteiger partial charge in [0.2, 0.25) is 0 Å². The molecule has 0 unspecified atom stereocenters. The van der Waals surface area contributed by atoms with Crippen LogP contribution in [0.25, 0.3) is 0 Å². The van der Waals surface area contributed by atoms with Gasteiger partial charge in [-0.3, -0.25) is 4.79 Å². The van der Waals surface area contributed by atoms with E-state index >= 15 is 0 Å². The summed E-state index contributed by atoms with van der Waals surface area (Å²) in [5.74, 6) is -0.257. The molecule has 0 radical (unpaired) electrons. The van der Waals surface area contributed by atoms with E-state index in [0.29, 0.717) is 6.61 Å². The monoisotopic (exact) mass is 144 g/mol. The van der Waals surface area contributed by atoms with E-state index in [1.54, 1.807) is 13.0 Å². The van der Waals surface area contributed by atoms with Gasteiger partial charge in [0.05, 0.1) is 19.6 Å². The molecule has 3 heteroatoms. The van der Waals surface area contributed by atoms with Crippen molar-refractivity contribution < 1.29 is 14.6 Å². The van der Waals surface area contributed by atoms with Crippen LogP contribution in [0.15, 0.2) is 12.2 Å². The van der Waals surface area contributed by atoms with E-state index in [1.807, 2.05) is 0 Å². The molecule has 58 valence electrons. The molecule has 0 rings (SSSR count). The summed E-state index contributed by atoms with van der Waals surface area (Å²) < 4.78 is 4.62. The number of ether oxygens (including phenoxy) is 1. The van der Waals surface area contributed by atoms with Gasteiger partial charge in [0.15, 0.2) is 0 Å². The number of hydrogen-bond acceptors (Lipinski definition) is 3. The lowest BCUT2D eigenvalue weighted by molar-refractivity contribution is -0.142. The number of aliphatic hydroxyl groups is 1. The van der Waals surface area contributed by atoms with Crippen LogP contribution in [-0.2, 0) is 9.53 Å². The summed E-state index contributed by atoms with van der Waals surface area (Å²) in [5.41, 5.74) is 0. The second-order valence-corrected chi connectivity index (χ2v) is 1.66. The molecule has 0 saturated carbocycles. The Hall–Kier alpha value is -0.830. The highest BCUT2D eigenvalue weighted by molar-refractivity contribution is 5.71. The van der Waals surface area contributed by atoms with Crippen LogP contribution >= 0.6 is 0 Å². The van der Waals surface area contributed by atoms with E-state index in [2.05, 4.69) is 4.74 Å². The number of esters is 1. The molecular formula is C7H12O3. The second-order valence-electron chi connectivity index (χ2n) is 1.66. The van der Waals surface area contributed by atoms with Gasteiger partial charge in [0.25, 0.3) is 0 Å². The Morgan fingerprint density at radius 1 is 1.60 bits per heavy atom. The molecule has 0 heterocycles. The molecule has 0 aromatic heterocycles. The molecule has 0 bridgehead atoms. The minimum absolute atomic E-state index is 0.0284. The smallest absolute Gasteiger partial charge is 0.309 e. The Morgan fingerprint density at radius 3 is 2.80 bits per heavy atom. The Labute approximate surface area is 60.3 Å². The summed E-state index contributed by atoms with van der Waals surface area (Å²) in [7, 11) is 0. The Balaban J connectivity index is 3.30. The number of aliphatic hydroxyl groups excluding tert-OH is 1. The quantitative estimate of drug-likeness (QED) is 0.461. The van der Waals surface area contributed by atoms with Crippen molar-refractivity contribution in [3.8, 4) is 0 Å². The Kier molecular flexibility index (Phi) is 5.77. The summed E-state index contributed by atoms with van der Waals surface area (Å²) in [5, 5.41) is 8.27. The average molecular weight is 144 g/mol. The van der Waals surface area contributed by atoms with Gasteiger partial charge in [-0.05, 0) is 6.92 Å². The molecule has 0 aliphatic carbocycles. The van der Waals surface area contributed by atoms with Crippen LogP contribution in [0, 0.1) is 0 Å². The molecule has 0 aliphatic heterocycles. The first-order chi connectivity index (χ1) is 4.81. The largest absolute Gasteiger partial charge is 0.466 e. The molecule has 3 nitrogen and oxygen atoms in total. The Morgan fingerprint density at radius 2 is 2.30 bits per heavy atom. The van der Waals surface area contributed by atoms with Crippen LogP contribution in [0.1, 0.15) is 13.3 Å². The maximum absolute atomic E-state index is 10.6. The van der Waals surface area contributed by atoms with E-state index in [4.69, 9.17) is 5.11 Å². The number of hydrogen-bond donors (Lipinski definition) is 1. The molecule has 0 fully saturated rings. The lowest BCUT2D eigenvalue weighted by Crippen LogP contribution is -2.01. The second kappa shape index (κ2) is 6.29. The first-order valence-corrected chi connectivity index (χ1v) is 3.22. The van der Waals surface area contributed by atoms with Crippen LogP contribution in [0.4, 0.5) is 0 Å². The topological polar surface area (TPSA) is 46.5 Å². The van der Waals surface area contributed by atoms with Gasteiger partial charge in [-0.2, -0.15) is 0 Å². The van der Waals surface area contributed by atoms with Gasteiger partial charge >= 0.3 is 5.97 Å². The summed E-state index contributed by atoms with van der Waals surface area (Å²) in [6, 6.07) is 0. The van der Waals surface area contributed by atoms with Gasteiger partial charge in [0.1, 0.15) is 0 Å². The molecule has 10 heavy (non-hydrogen) atoms. The fraction of sp³-hybridized carbons (Fsp3) is 0.571. The summed E-state index contributed by atoms with van der Waals surface area (Å²) >= 11 is 0. The molecular weight excluding hydrogens is 132 g/mol. The average Bonchev–Trinajstić information content (AvgIpc) is 1.89. The maximum atomic E-state index is 10.6. The van der Waals surface area contributed by atoms with Crippen LogP contribution in [0.3, 0.4) is 0 Å². The van der Waals surface area contributed by atoms with Gasteiger partial charge in [-0.15, -0.1) is 0 Å². The van der Waals surface area contributed by atoms with Crippen molar-refractivity contribution in [3.05, 3.63) is 12.2 Å². The maximum Gasteiger partial charge on any atom is 0.309 e. The highest BCUT2D eigenvalue weighted by Crippen LogP contribution is 1.87. The number of carbonyl (C=O) groups is 1. The normalized spacial score (nSPS) is 10.2. The molecule has 0 aliphatic rings. The van der Waals surface area contributed by atoms with Gasteiger partial charge in [-0.25, -0.2) is 0 Å². The predicted molar refractivity (Wildman–Crippen MR) is 37.5 cm³/mol. The predicted octanol–water partition coefficient (Wildman–Crippen LogP) is 0.488. The van der Waals surface area contributed by atoms with E-state index in [0.717, 1.165) is 0 Å². The van der Waals surface area contributed by atoms with Crippen LogP contribution in [0.5, 0.6) is 0 Å². The lowest BCUT2D eigenvalue weighted by atomic mass is 10.4. The third-order valence-corrected chi connectivity index (χ3v) is 0.862. The van der Waals surface area contributed by atoms with Crippen molar-refractivity contribution in [2.45, 2.75) is 13.3 Å². The fourth-order valence-electron chi connectivity index (χ4n) is 0.474. The first-order valence-electron chi connectivity index (χ1n) is 3.22. The number of carbonyl (C=O) groups excluding carboxylic acids is 1. The van der Waals surface area contributed by atoms with Gasteiger partial charge < -0.3 is 9.84 Å². The summed E-state index contributed by atoms with van der Waals surface area (Å²) in [6.45, 7) is 2.14. The molecule has 0 spiro atoms. The SMILES string of the molecule is CCOC(=O)C/C=C/CO. The van der Waals surface area contributed by atoms with Crippen molar-refractivity contribution in [2.24, 2.45) is 0 Å². The molecule has 1 N–H and O–H groups in total. The molecule has 0 aromatic rings. The zero-order chi connectivity index (χ0) is 7.82. The third kappa shape index (κ3) is 5.31. The molecule has 0 aromatic carbocycles. The van der Waals surface area contributed by atoms with Crippen LogP contribution in [-0.4, -0.2) is 24.3 Å². The van der Waals surface area contributed by atoms with E-state index < -0.39 is 0 Å². The minimum atomic E-state index is -0.257. The fourth-order valence-corrected chi connectivity index (χ4v) is 0.474. The van der Waals surface area contributed by atoms with Crippen molar-refractivity contribution >= 4 is 5.97 Å². The van der Waals surface area contributed by atoms with Crippen molar-refractivity contribution in [1.29, 1.82) is 0 Å². The van der Waals surface area contributed by atoms with Crippen molar-refractivity contribution in [3.63, 3.8) is 0 Å². The molecule has 0 saturated heterocycles.